The van der Waals surface area contributed by atoms with Gasteiger partial charge in [0.2, 0.25) is 0 Å². The van der Waals surface area contributed by atoms with Gasteiger partial charge in [-0.1, -0.05) is 200 Å². The maximum absolute atomic E-state index is 2.49. The summed E-state index contributed by atoms with van der Waals surface area (Å²) in [4.78, 5) is 2.49. The number of benzene rings is 12. The minimum Gasteiger partial charge on any atom is -0.310 e. The van der Waals surface area contributed by atoms with Gasteiger partial charge in [0, 0.05) is 32.9 Å². The van der Waals surface area contributed by atoms with Gasteiger partial charge in [-0.05, 0) is 121 Å². The number of nitrogens with zero attached hydrogens (tertiary/aromatic N) is 2. The lowest BCUT2D eigenvalue weighted by Gasteiger charge is -2.29. The summed E-state index contributed by atoms with van der Waals surface area (Å²) in [5.74, 6) is 0. The van der Waals surface area contributed by atoms with Gasteiger partial charge in [0.25, 0.3) is 0 Å². The summed E-state index contributed by atoms with van der Waals surface area (Å²) >= 11 is 0. The van der Waals surface area contributed by atoms with Crippen molar-refractivity contribution in [1.82, 2.24) is 4.57 Å². The number of para-hydroxylation sites is 2. The first-order valence-electron chi connectivity index (χ1n) is 22.7. The number of hydrogen-bond acceptors (Lipinski definition) is 1. The van der Waals surface area contributed by atoms with Crippen molar-refractivity contribution in [3.63, 3.8) is 0 Å². The van der Waals surface area contributed by atoms with Crippen LogP contribution in [-0.2, 0) is 0 Å². The van der Waals surface area contributed by atoms with E-state index in [-0.39, 0.29) is 0 Å². The van der Waals surface area contributed by atoms with Crippen molar-refractivity contribution in [3.8, 4) is 50.2 Å². The normalized spacial score (nSPS) is 11.6. The van der Waals surface area contributed by atoms with E-state index in [0.29, 0.717) is 0 Å². The van der Waals surface area contributed by atoms with Gasteiger partial charge < -0.3 is 9.47 Å². The minimum atomic E-state index is 1.09. The molecule has 13 rings (SSSR count). The van der Waals surface area contributed by atoms with Gasteiger partial charge in [0.15, 0.2) is 0 Å². The van der Waals surface area contributed by atoms with E-state index in [1.807, 2.05) is 0 Å². The highest BCUT2D eigenvalue weighted by Gasteiger charge is 2.22. The predicted molar refractivity (Wildman–Crippen MR) is 281 cm³/mol. The van der Waals surface area contributed by atoms with Crippen LogP contribution in [0, 0.1) is 0 Å². The Labute approximate surface area is 383 Å². The third kappa shape index (κ3) is 6.26. The zero-order valence-electron chi connectivity index (χ0n) is 36.1. The maximum atomic E-state index is 2.49. The number of fused-ring (bicyclic) bond motifs is 3. The summed E-state index contributed by atoms with van der Waals surface area (Å²) in [6, 6.07) is 93.4. The molecule has 0 atom stereocenters. The summed E-state index contributed by atoms with van der Waals surface area (Å²) in [5.41, 5.74) is 16.4. The first-order chi connectivity index (χ1) is 32.7. The van der Waals surface area contributed by atoms with Crippen LogP contribution in [0.1, 0.15) is 0 Å². The van der Waals surface area contributed by atoms with Crippen LogP contribution in [0.25, 0.3) is 104 Å². The molecule has 0 bridgehead atoms. The molecule has 0 N–H and O–H groups in total. The lowest BCUT2D eigenvalue weighted by molar-refractivity contribution is 1.20. The molecular formula is C64H42N2. The van der Waals surface area contributed by atoms with Crippen LogP contribution in [-0.4, -0.2) is 4.57 Å². The predicted octanol–water partition coefficient (Wildman–Crippen LogP) is 17.8. The van der Waals surface area contributed by atoms with Gasteiger partial charge in [-0.3, -0.25) is 0 Å². The van der Waals surface area contributed by atoms with E-state index in [2.05, 4.69) is 264 Å². The number of anilines is 3. The van der Waals surface area contributed by atoms with Crippen LogP contribution < -0.4 is 4.90 Å². The second-order valence-corrected chi connectivity index (χ2v) is 17.3. The molecule has 0 unspecified atom stereocenters. The zero-order chi connectivity index (χ0) is 43.6. The fraction of sp³-hybridized carbons (Fsp3) is 0. The Balaban J connectivity index is 1.06. The van der Waals surface area contributed by atoms with E-state index < -0.39 is 0 Å². The van der Waals surface area contributed by atoms with Gasteiger partial charge in [0.1, 0.15) is 0 Å². The van der Waals surface area contributed by atoms with Crippen molar-refractivity contribution >= 4 is 71.2 Å². The lowest BCUT2D eigenvalue weighted by atomic mass is 9.91. The fourth-order valence-corrected chi connectivity index (χ4v) is 10.4. The first kappa shape index (κ1) is 37.8. The fourth-order valence-electron chi connectivity index (χ4n) is 10.4. The Hall–Kier alpha value is -8.72. The average molecular weight is 839 g/mol. The lowest BCUT2D eigenvalue weighted by Crippen LogP contribution is -2.11. The van der Waals surface area contributed by atoms with Crippen LogP contribution >= 0.6 is 0 Å². The van der Waals surface area contributed by atoms with Crippen molar-refractivity contribution in [3.05, 3.63) is 255 Å². The van der Waals surface area contributed by atoms with Gasteiger partial charge in [-0.2, -0.15) is 0 Å². The smallest absolute Gasteiger partial charge is 0.0541 e. The summed E-state index contributed by atoms with van der Waals surface area (Å²) in [7, 11) is 0. The monoisotopic (exact) mass is 838 g/mol. The molecule has 0 spiro atoms. The quantitative estimate of drug-likeness (QED) is 0.138. The molecule has 0 fully saturated rings. The highest BCUT2D eigenvalue weighted by molar-refractivity contribution is 6.27. The van der Waals surface area contributed by atoms with E-state index in [1.54, 1.807) is 0 Å². The zero-order valence-corrected chi connectivity index (χ0v) is 36.1. The van der Waals surface area contributed by atoms with Gasteiger partial charge in [-0.25, -0.2) is 0 Å². The molecule has 0 saturated heterocycles. The molecule has 13 aromatic rings. The van der Waals surface area contributed by atoms with Crippen LogP contribution in [0.15, 0.2) is 255 Å². The summed E-state index contributed by atoms with van der Waals surface area (Å²) in [6.07, 6.45) is 0. The highest BCUT2D eigenvalue weighted by Crippen LogP contribution is 2.47. The van der Waals surface area contributed by atoms with Crippen molar-refractivity contribution in [1.29, 1.82) is 0 Å². The largest absolute Gasteiger partial charge is 0.310 e. The second-order valence-electron chi connectivity index (χ2n) is 17.3. The summed E-state index contributed by atoms with van der Waals surface area (Å²) < 4.78 is 2.46. The third-order valence-corrected chi connectivity index (χ3v) is 13.5. The molecule has 1 heterocycles. The van der Waals surface area contributed by atoms with Crippen molar-refractivity contribution in [2.24, 2.45) is 0 Å². The molecule has 0 radical (unpaired) electrons. The second kappa shape index (κ2) is 15.5. The maximum Gasteiger partial charge on any atom is 0.0541 e. The van der Waals surface area contributed by atoms with E-state index >= 15 is 0 Å². The number of aromatic nitrogens is 1. The molecule has 1 aromatic heterocycles. The Morgan fingerprint density at radius 3 is 1.30 bits per heavy atom. The number of rotatable bonds is 8. The van der Waals surface area contributed by atoms with Crippen molar-refractivity contribution < 1.29 is 0 Å². The minimum absolute atomic E-state index is 1.09. The molecule has 0 amide bonds. The Kier molecular flexibility index (Phi) is 8.89. The van der Waals surface area contributed by atoms with E-state index in [4.69, 9.17) is 0 Å². The SMILES string of the molecule is c1ccc(-c2ccc(-c3cccc(N(c4cc(-c5ccccc5)cc(-c5ccccc5)c4)c4ccc5ccc6c(-n7c8ccccc8c8ccccc87)ccc7ccc4c5c76)c3)cc2)cc1. The molecule has 12 aromatic carbocycles. The summed E-state index contributed by atoms with van der Waals surface area (Å²) in [5, 5.41) is 9.97. The molecule has 2 nitrogen and oxygen atoms in total. The van der Waals surface area contributed by atoms with Gasteiger partial charge >= 0.3 is 0 Å². The molecule has 0 saturated carbocycles. The molecule has 308 valence electrons. The third-order valence-electron chi connectivity index (χ3n) is 13.5. The highest BCUT2D eigenvalue weighted by atomic mass is 15.1. The van der Waals surface area contributed by atoms with E-state index in [0.717, 1.165) is 33.8 Å². The molecular weight excluding hydrogens is 797 g/mol. The molecule has 0 aliphatic heterocycles. The first-order valence-corrected chi connectivity index (χ1v) is 22.7. The Morgan fingerprint density at radius 1 is 0.258 bits per heavy atom. The van der Waals surface area contributed by atoms with E-state index in [1.165, 1.54) is 87.6 Å². The van der Waals surface area contributed by atoms with E-state index in [9.17, 15) is 0 Å². The van der Waals surface area contributed by atoms with Crippen LogP contribution in [0.2, 0.25) is 0 Å². The van der Waals surface area contributed by atoms with Crippen molar-refractivity contribution in [2.75, 3.05) is 4.90 Å². The van der Waals surface area contributed by atoms with Gasteiger partial charge in [0.05, 0.1) is 22.4 Å². The topological polar surface area (TPSA) is 8.17 Å². The average Bonchev–Trinajstić information content (AvgIpc) is 3.73. The number of hydrogen-bond donors (Lipinski definition) is 0. The molecule has 0 aliphatic rings. The molecule has 66 heavy (non-hydrogen) atoms. The Bertz CT molecular complexity index is 3790. The van der Waals surface area contributed by atoms with Crippen molar-refractivity contribution in [2.45, 2.75) is 0 Å². The van der Waals surface area contributed by atoms with Crippen LogP contribution in [0.3, 0.4) is 0 Å². The van der Waals surface area contributed by atoms with Crippen LogP contribution in [0.4, 0.5) is 17.1 Å². The standard InChI is InChI=1S/C64H42N2/c1-4-15-43(16-5-1)46-27-29-47(30-28-46)50-21-14-22-53(40-50)65(54-41-51(44-17-6-2-7-18-44)39-52(42-54)45-19-8-3-9-20-45)61-37-33-48-32-36-58-62(38-34-49-31-35-57(61)63(48)64(49)58)66-59-25-12-10-23-55(59)56-24-11-13-26-60(56)66/h1-42H. The molecule has 0 aliphatic carbocycles. The van der Waals surface area contributed by atoms with Crippen LogP contribution in [0.5, 0.6) is 0 Å². The molecule has 2 heteroatoms. The Morgan fingerprint density at radius 2 is 0.697 bits per heavy atom. The summed E-state index contributed by atoms with van der Waals surface area (Å²) in [6.45, 7) is 0. The van der Waals surface area contributed by atoms with Gasteiger partial charge in [-0.15, -0.1) is 0 Å².